The van der Waals surface area contributed by atoms with E-state index in [0.717, 1.165) is 19.4 Å². The van der Waals surface area contributed by atoms with Crippen molar-refractivity contribution in [1.29, 1.82) is 0 Å². The number of nitrogens with two attached hydrogens (primary N) is 1. The molecule has 1 aliphatic rings. The molecule has 1 heterocycles. The summed E-state index contributed by atoms with van der Waals surface area (Å²) in [5.41, 5.74) is 6.48. The maximum absolute atomic E-state index is 12.7. The van der Waals surface area contributed by atoms with Gasteiger partial charge in [-0.25, -0.2) is 0 Å². The highest BCUT2D eigenvalue weighted by Gasteiger charge is 2.35. The molecular formula is C19H31ClN2O3. The fourth-order valence-corrected chi connectivity index (χ4v) is 2.87. The van der Waals surface area contributed by atoms with Gasteiger partial charge in [-0.15, -0.1) is 12.4 Å². The van der Waals surface area contributed by atoms with Gasteiger partial charge >= 0.3 is 0 Å². The van der Waals surface area contributed by atoms with Gasteiger partial charge in [0.05, 0.1) is 13.7 Å². The van der Waals surface area contributed by atoms with E-state index in [1.807, 2.05) is 17.0 Å². The summed E-state index contributed by atoms with van der Waals surface area (Å²) in [6.45, 7) is 9.15. The van der Waals surface area contributed by atoms with Crippen LogP contribution in [0.3, 0.4) is 0 Å². The van der Waals surface area contributed by atoms with E-state index >= 15 is 0 Å². The third-order valence-electron chi connectivity index (χ3n) is 4.70. The standard InChI is InChI=1S/C19H30N2O3.ClH/c1-14(2)7-10-24-16-6-5-15(11-17(16)23-4)18(22)21-9-8-19(3,12-20)13-21;/h5-6,11,14H,7-10,12-13,20H2,1-4H3;1H. The van der Waals surface area contributed by atoms with E-state index in [0.29, 0.717) is 42.7 Å². The van der Waals surface area contributed by atoms with Gasteiger partial charge in [-0.05, 0) is 48.9 Å². The van der Waals surface area contributed by atoms with Crippen molar-refractivity contribution >= 4 is 18.3 Å². The molecule has 0 spiro atoms. The Balaban J connectivity index is 0.00000312. The first kappa shape index (κ1) is 21.6. The smallest absolute Gasteiger partial charge is 0.254 e. The summed E-state index contributed by atoms with van der Waals surface area (Å²) in [4.78, 5) is 14.6. The number of nitrogens with zero attached hydrogens (tertiary/aromatic N) is 1. The van der Waals surface area contributed by atoms with Crippen molar-refractivity contribution in [3.63, 3.8) is 0 Å². The second-order valence-electron chi connectivity index (χ2n) is 7.39. The average molecular weight is 371 g/mol. The molecular weight excluding hydrogens is 340 g/mol. The van der Waals surface area contributed by atoms with E-state index < -0.39 is 0 Å². The van der Waals surface area contributed by atoms with Crippen LogP contribution in [0.4, 0.5) is 0 Å². The lowest BCUT2D eigenvalue weighted by atomic mass is 9.90. The zero-order chi connectivity index (χ0) is 17.7. The normalized spacial score (nSPS) is 19.7. The minimum Gasteiger partial charge on any atom is -0.493 e. The van der Waals surface area contributed by atoms with E-state index in [1.165, 1.54) is 0 Å². The predicted octanol–water partition coefficient (Wildman–Crippen LogP) is 3.35. The quantitative estimate of drug-likeness (QED) is 0.799. The predicted molar refractivity (Wildman–Crippen MR) is 103 cm³/mol. The molecule has 1 fully saturated rings. The Kier molecular flexibility index (Phi) is 8.03. The lowest BCUT2D eigenvalue weighted by Gasteiger charge is -2.23. The highest BCUT2D eigenvalue weighted by atomic mass is 35.5. The lowest BCUT2D eigenvalue weighted by Crippen LogP contribution is -2.34. The number of methoxy groups -OCH3 is 1. The molecule has 5 nitrogen and oxygen atoms in total. The molecule has 0 radical (unpaired) electrons. The molecule has 1 aliphatic heterocycles. The van der Waals surface area contributed by atoms with Gasteiger partial charge in [0.2, 0.25) is 0 Å². The van der Waals surface area contributed by atoms with Crippen molar-refractivity contribution in [1.82, 2.24) is 4.90 Å². The zero-order valence-electron chi connectivity index (χ0n) is 15.7. The monoisotopic (exact) mass is 370 g/mol. The first-order chi connectivity index (χ1) is 11.4. The fourth-order valence-electron chi connectivity index (χ4n) is 2.87. The fraction of sp³-hybridized carbons (Fsp3) is 0.632. The summed E-state index contributed by atoms with van der Waals surface area (Å²) < 4.78 is 11.2. The lowest BCUT2D eigenvalue weighted by molar-refractivity contribution is 0.0776. The Bertz CT molecular complexity index is 580. The molecule has 2 N–H and O–H groups in total. The maximum atomic E-state index is 12.7. The van der Waals surface area contributed by atoms with E-state index in [2.05, 4.69) is 20.8 Å². The van der Waals surface area contributed by atoms with Gasteiger partial charge in [0.25, 0.3) is 5.91 Å². The van der Waals surface area contributed by atoms with E-state index in [1.54, 1.807) is 13.2 Å². The Morgan fingerprint density at radius 1 is 1.36 bits per heavy atom. The van der Waals surface area contributed by atoms with Crippen LogP contribution in [0, 0.1) is 11.3 Å². The van der Waals surface area contributed by atoms with Crippen molar-refractivity contribution in [2.75, 3.05) is 33.4 Å². The minimum atomic E-state index is 0. The Morgan fingerprint density at radius 3 is 2.64 bits per heavy atom. The Labute approximate surface area is 157 Å². The number of halogens is 1. The first-order valence-corrected chi connectivity index (χ1v) is 8.69. The number of hydrogen-bond acceptors (Lipinski definition) is 4. The number of ether oxygens (including phenoxy) is 2. The van der Waals surface area contributed by atoms with Gasteiger partial charge in [0.1, 0.15) is 0 Å². The van der Waals surface area contributed by atoms with Crippen LogP contribution < -0.4 is 15.2 Å². The van der Waals surface area contributed by atoms with Gasteiger partial charge in [-0.1, -0.05) is 20.8 Å². The summed E-state index contributed by atoms with van der Waals surface area (Å²) >= 11 is 0. The zero-order valence-corrected chi connectivity index (χ0v) is 16.5. The highest BCUT2D eigenvalue weighted by Crippen LogP contribution is 2.32. The van der Waals surface area contributed by atoms with Crippen molar-refractivity contribution in [3.05, 3.63) is 23.8 Å². The Hall–Kier alpha value is -1.46. The van der Waals surface area contributed by atoms with Crippen LogP contribution in [0.25, 0.3) is 0 Å². The topological polar surface area (TPSA) is 64.8 Å². The summed E-state index contributed by atoms with van der Waals surface area (Å²) in [7, 11) is 1.60. The van der Waals surface area contributed by atoms with Gasteiger partial charge in [0.15, 0.2) is 11.5 Å². The van der Waals surface area contributed by atoms with E-state index in [-0.39, 0.29) is 23.7 Å². The highest BCUT2D eigenvalue weighted by molar-refractivity contribution is 5.95. The molecule has 1 unspecified atom stereocenters. The molecule has 1 atom stereocenters. The molecule has 1 amide bonds. The molecule has 0 aromatic heterocycles. The SMILES string of the molecule is COc1cc(C(=O)N2CCC(C)(CN)C2)ccc1OCCC(C)C.Cl. The summed E-state index contributed by atoms with van der Waals surface area (Å²) in [5.74, 6) is 1.90. The van der Waals surface area contributed by atoms with Crippen LogP contribution in [0.15, 0.2) is 18.2 Å². The summed E-state index contributed by atoms with van der Waals surface area (Å²) in [6, 6.07) is 5.41. The number of benzene rings is 1. The van der Waals surface area contributed by atoms with Crippen molar-refractivity contribution in [2.45, 2.75) is 33.6 Å². The number of carbonyl (C=O) groups is 1. The summed E-state index contributed by atoms with van der Waals surface area (Å²) in [6.07, 6.45) is 1.93. The van der Waals surface area contributed by atoms with Crippen LogP contribution in [-0.4, -0.2) is 44.2 Å². The third-order valence-corrected chi connectivity index (χ3v) is 4.70. The number of hydrogen-bond donors (Lipinski definition) is 1. The van der Waals surface area contributed by atoms with Crippen LogP contribution >= 0.6 is 12.4 Å². The van der Waals surface area contributed by atoms with Crippen molar-refractivity contribution < 1.29 is 14.3 Å². The van der Waals surface area contributed by atoms with E-state index in [9.17, 15) is 4.79 Å². The van der Waals surface area contributed by atoms with Gasteiger partial charge in [0, 0.05) is 18.7 Å². The summed E-state index contributed by atoms with van der Waals surface area (Å²) in [5, 5.41) is 0. The molecule has 1 aromatic carbocycles. The van der Waals surface area contributed by atoms with Crippen LogP contribution in [-0.2, 0) is 0 Å². The molecule has 0 bridgehead atoms. The average Bonchev–Trinajstić information content (AvgIpc) is 2.97. The number of rotatable bonds is 7. The van der Waals surface area contributed by atoms with E-state index in [4.69, 9.17) is 15.2 Å². The number of carbonyl (C=O) groups excluding carboxylic acids is 1. The van der Waals surface area contributed by atoms with Crippen molar-refractivity contribution in [3.8, 4) is 11.5 Å². The molecule has 6 heteroatoms. The first-order valence-electron chi connectivity index (χ1n) is 8.69. The second-order valence-corrected chi connectivity index (χ2v) is 7.39. The molecule has 1 aromatic rings. The van der Waals surface area contributed by atoms with Gasteiger partial charge < -0.3 is 20.1 Å². The van der Waals surface area contributed by atoms with Gasteiger partial charge in [-0.3, -0.25) is 4.79 Å². The minimum absolute atomic E-state index is 0. The molecule has 0 saturated carbocycles. The van der Waals surface area contributed by atoms with Crippen LogP contribution in [0.5, 0.6) is 11.5 Å². The largest absolute Gasteiger partial charge is 0.493 e. The van der Waals surface area contributed by atoms with Crippen LogP contribution in [0.2, 0.25) is 0 Å². The number of likely N-dealkylation sites (tertiary alicyclic amines) is 1. The Morgan fingerprint density at radius 2 is 2.08 bits per heavy atom. The molecule has 1 saturated heterocycles. The van der Waals surface area contributed by atoms with Gasteiger partial charge in [-0.2, -0.15) is 0 Å². The molecule has 2 rings (SSSR count). The second kappa shape index (κ2) is 9.30. The molecule has 25 heavy (non-hydrogen) atoms. The van der Waals surface area contributed by atoms with Crippen molar-refractivity contribution in [2.24, 2.45) is 17.1 Å². The van der Waals surface area contributed by atoms with Crippen LogP contribution in [0.1, 0.15) is 44.0 Å². The maximum Gasteiger partial charge on any atom is 0.254 e. The molecule has 0 aliphatic carbocycles. The molecule has 142 valence electrons. The number of amides is 1. The third kappa shape index (κ3) is 5.51.